The molecule has 1 fully saturated rings. The third kappa shape index (κ3) is 3.07. The fourth-order valence-electron chi connectivity index (χ4n) is 2.31. The van der Waals surface area contributed by atoms with Crippen LogP contribution in [0.2, 0.25) is 0 Å². The molecule has 19 heavy (non-hydrogen) atoms. The molecule has 1 saturated heterocycles. The lowest BCUT2D eigenvalue weighted by molar-refractivity contribution is -0.100. The Bertz CT molecular complexity index is 479. The molecule has 0 radical (unpaired) electrons. The van der Waals surface area contributed by atoms with E-state index in [0.717, 1.165) is 0 Å². The standard InChI is InChI=1S/C13H16F2N2O2/c1-9-7-17(6-4-13(9,14)15)8-10-3-2-5-16-11(10)12(18)19/h2-3,5,9H,4,6-8H2,1H3,(H,18,19). The molecule has 0 saturated carbocycles. The Kier molecular flexibility index (Phi) is 3.80. The first-order chi connectivity index (χ1) is 8.90. The number of likely N-dealkylation sites (tertiary alicyclic amines) is 1. The van der Waals surface area contributed by atoms with Gasteiger partial charge in [-0.2, -0.15) is 0 Å². The van der Waals surface area contributed by atoms with Crippen LogP contribution in [0.5, 0.6) is 0 Å². The van der Waals surface area contributed by atoms with E-state index >= 15 is 0 Å². The van der Waals surface area contributed by atoms with Crippen molar-refractivity contribution < 1.29 is 18.7 Å². The molecule has 1 unspecified atom stereocenters. The van der Waals surface area contributed by atoms with Gasteiger partial charge in [0.2, 0.25) is 0 Å². The van der Waals surface area contributed by atoms with Gasteiger partial charge in [0, 0.05) is 38.2 Å². The number of carboxylic acids is 1. The van der Waals surface area contributed by atoms with Gasteiger partial charge >= 0.3 is 5.97 Å². The summed E-state index contributed by atoms with van der Waals surface area (Å²) in [5.41, 5.74) is 0.555. The zero-order valence-corrected chi connectivity index (χ0v) is 10.6. The number of piperidine rings is 1. The third-order valence-corrected chi connectivity index (χ3v) is 3.50. The molecule has 1 atom stereocenters. The van der Waals surface area contributed by atoms with E-state index in [2.05, 4.69) is 4.98 Å². The first-order valence-electron chi connectivity index (χ1n) is 6.17. The zero-order chi connectivity index (χ0) is 14.0. The summed E-state index contributed by atoms with van der Waals surface area (Å²) < 4.78 is 26.8. The van der Waals surface area contributed by atoms with Crippen LogP contribution in [0.25, 0.3) is 0 Å². The third-order valence-electron chi connectivity index (χ3n) is 3.50. The van der Waals surface area contributed by atoms with Crippen molar-refractivity contribution in [3.8, 4) is 0 Å². The zero-order valence-electron chi connectivity index (χ0n) is 10.6. The average molecular weight is 270 g/mol. The lowest BCUT2D eigenvalue weighted by atomic mass is 9.95. The molecule has 6 heteroatoms. The van der Waals surface area contributed by atoms with Crippen LogP contribution in [0.4, 0.5) is 8.78 Å². The summed E-state index contributed by atoms with van der Waals surface area (Å²) in [5.74, 6) is -4.43. The number of aromatic carboxylic acids is 1. The van der Waals surface area contributed by atoms with Crippen LogP contribution >= 0.6 is 0 Å². The molecule has 1 aromatic rings. The van der Waals surface area contributed by atoms with E-state index in [9.17, 15) is 13.6 Å². The molecule has 1 aromatic heterocycles. The van der Waals surface area contributed by atoms with Gasteiger partial charge in [-0.3, -0.25) is 4.90 Å². The van der Waals surface area contributed by atoms with Crippen LogP contribution in [-0.2, 0) is 6.54 Å². The number of rotatable bonds is 3. The highest BCUT2D eigenvalue weighted by molar-refractivity contribution is 5.86. The predicted octanol–water partition coefficient (Wildman–Crippen LogP) is 2.26. The quantitative estimate of drug-likeness (QED) is 0.915. The topological polar surface area (TPSA) is 53.4 Å². The van der Waals surface area contributed by atoms with Crippen molar-refractivity contribution in [2.24, 2.45) is 5.92 Å². The fraction of sp³-hybridized carbons (Fsp3) is 0.538. The molecule has 4 nitrogen and oxygen atoms in total. The summed E-state index contributed by atoms with van der Waals surface area (Å²) >= 11 is 0. The maximum atomic E-state index is 13.4. The summed E-state index contributed by atoms with van der Waals surface area (Å²) in [6.45, 7) is 2.40. The number of hydrogen-bond donors (Lipinski definition) is 1. The van der Waals surface area contributed by atoms with Crippen molar-refractivity contribution in [1.82, 2.24) is 9.88 Å². The average Bonchev–Trinajstić information content (AvgIpc) is 2.35. The Hall–Kier alpha value is -1.56. The molecular formula is C13H16F2N2O2. The van der Waals surface area contributed by atoms with Crippen molar-refractivity contribution in [3.63, 3.8) is 0 Å². The molecule has 1 aliphatic rings. The first-order valence-corrected chi connectivity index (χ1v) is 6.17. The van der Waals surface area contributed by atoms with Gasteiger partial charge in [-0.05, 0) is 11.6 Å². The highest BCUT2D eigenvalue weighted by atomic mass is 19.3. The smallest absolute Gasteiger partial charge is 0.354 e. The van der Waals surface area contributed by atoms with Crippen LogP contribution in [-0.4, -0.2) is 40.0 Å². The number of halogens is 2. The number of nitrogens with zero attached hydrogens (tertiary/aromatic N) is 2. The molecule has 0 spiro atoms. The lowest BCUT2D eigenvalue weighted by Gasteiger charge is -2.36. The minimum absolute atomic E-state index is 0.00696. The molecule has 2 heterocycles. The monoisotopic (exact) mass is 270 g/mol. The van der Waals surface area contributed by atoms with Crippen LogP contribution in [0.3, 0.4) is 0 Å². The summed E-state index contributed by atoms with van der Waals surface area (Å²) in [5, 5.41) is 9.03. The number of carboxylic acid groups (broad SMARTS) is 1. The van der Waals surface area contributed by atoms with Gasteiger partial charge in [-0.1, -0.05) is 13.0 Å². The van der Waals surface area contributed by atoms with E-state index < -0.39 is 17.8 Å². The van der Waals surface area contributed by atoms with Crippen LogP contribution < -0.4 is 0 Å². The molecule has 104 valence electrons. The van der Waals surface area contributed by atoms with Crippen molar-refractivity contribution >= 4 is 5.97 Å². The van der Waals surface area contributed by atoms with E-state index in [1.807, 2.05) is 4.90 Å². The molecule has 0 aromatic carbocycles. The maximum Gasteiger partial charge on any atom is 0.354 e. The minimum Gasteiger partial charge on any atom is -0.477 e. The Balaban J connectivity index is 2.09. The minimum atomic E-state index is -2.62. The number of carbonyl (C=O) groups is 1. The first kappa shape index (κ1) is 13.9. The van der Waals surface area contributed by atoms with Crippen LogP contribution in [0.15, 0.2) is 18.3 Å². The second kappa shape index (κ2) is 5.21. The van der Waals surface area contributed by atoms with Crippen molar-refractivity contribution in [3.05, 3.63) is 29.6 Å². The molecule has 2 rings (SSSR count). The number of pyridine rings is 1. The van der Waals surface area contributed by atoms with Gasteiger partial charge in [-0.15, -0.1) is 0 Å². The predicted molar refractivity (Wildman–Crippen MR) is 65.2 cm³/mol. The largest absolute Gasteiger partial charge is 0.477 e. The van der Waals surface area contributed by atoms with Gasteiger partial charge in [-0.25, -0.2) is 18.6 Å². The van der Waals surface area contributed by atoms with E-state index in [4.69, 9.17) is 5.11 Å². The van der Waals surface area contributed by atoms with Crippen molar-refractivity contribution in [2.75, 3.05) is 13.1 Å². The Morgan fingerprint density at radius 3 is 3.00 bits per heavy atom. The van der Waals surface area contributed by atoms with E-state index in [-0.39, 0.29) is 25.2 Å². The van der Waals surface area contributed by atoms with Crippen molar-refractivity contribution in [2.45, 2.75) is 25.8 Å². The number of alkyl halides is 2. The number of aromatic nitrogens is 1. The normalized spacial score (nSPS) is 23.2. The molecule has 0 aliphatic carbocycles. The molecule has 0 amide bonds. The molecule has 1 N–H and O–H groups in total. The van der Waals surface area contributed by atoms with Gasteiger partial charge < -0.3 is 5.11 Å². The Morgan fingerprint density at radius 1 is 1.63 bits per heavy atom. The highest BCUT2D eigenvalue weighted by Crippen LogP contribution is 2.33. The molecule has 1 aliphatic heterocycles. The summed E-state index contributed by atoms with van der Waals surface area (Å²) in [7, 11) is 0. The van der Waals surface area contributed by atoms with Crippen LogP contribution in [0, 0.1) is 5.92 Å². The van der Waals surface area contributed by atoms with E-state index in [1.165, 1.54) is 13.1 Å². The van der Waals surface area contributed by atoms with Gasteiger partial charge in [0.05, 0.1) is 0 Å². The second-order valence-corrected chi connectivity index (χ2v) is 4.96. The maximum absolute atomic E-state index is 13.4. The van der Waals surface area contributed by atoms with Crippen LogP contribution in [0.1, 0.15) is 29.4 Å². The van der Waals surface area contributed by atoms with E-state index in [1.54, 1.807) is 12.1 Å². The van der Waals surface area contributed by atoms with Crippen molar-refractivity contribution in [1.29, 1.82) is 0 Å². The second-order valence-electron chi connectivity index (χ2n) is 4.96. The van der Waals surface area contributed by atoms with Gasteiger partial charge in [0.1, 0.15) is 0 Å². The van der Waals surface area contributed by atoms with E-state index in [0.29, 0.717) is 12.1 Å². The number of hydrogen-bond acceptors (Lipinski definition) is 3. The molecule has 0 bridgehead atoms. The van der Waals surface area contributed by atoms with Gasteiger partial charge in [0.15, 0.2) is 5.69 Å². The Morgan fingerprint density at radius 2 is 2.37 bits per heavy atom. The lowest BCUT2D eigenvalue weighted by Crippen LogP contribution is -2.45. The summed E-state index contributed by atoms with van der Waals surface area (Å²) in [6.07, 6.45) is 1.23. The van der Waals surface area contributed by atoms with Gasteiger partial charge in [0.25, 0.3) is 5.92 Å². The molecular weight excluding hydrogens is 254 g/mol. The highest BCUT2D eigenvalue weighted by Gasteiger charge is 2.41. The SMILES string of the molecule is CC1CN(Cc2cccnc2C(=O)O)CCC1(F)F. The fourth-order valence-corrected chi connectivity index (χ4v) is 2.31. The summed E-state index contributed by atoms with van der Waals surface area (Å²) in [4.78, 5) is 16.7. The summed E-state index contributed by atoms with van der Waals surface area (Å²) in [6, 6.07) is 3.33. The Labute approximate surface area is 110 Å².